The Labute approximate surface area is 90.1 Å². The summed E-state index contributed by atoms with van der Waals surface area (Å²) >= 11 is 0. The van der Waals surface area contributed by atoms with Crippen molar-refractivity contribution in [2.24, 2.45) is 5.73 Å². The Morgan fingerprint density at radius 2 is 1.93 bits per heavy atom. The molecule has 6 nitrogen and oxygen atoms in total. The first-order chi connectivity index (χ1) is 7.15. The van der Waals surface area contributed by atoms with E-state index in [1.807, 2.05) is 0 Å². The first-order valence-electron chi connectivity index (χ1n) is 4.73. The summed E-state index contributed by atoms with van der Waals surface area (Å²) in [6, 6.07) is -0.556. The third kappa shape index (κ3) is 6.40. The van der Waals surface area contributed by atoms with Crippen molar-refractivity contribution in [1.82, 2.24) is 5.32 Å². The van der Waals surface area contributed by atoms with Crippen molar-refractivity contribution in [3.05, 3.63) is 0 Å². The van der Waals surface area contributed by atoms with Gasteiger partial charge >= 0.3 is 0 Å². The minimum absolute atomic E-state index is 0.230. The van der Waals surface area contributed by atoms with Gasteiger partial charge in [0, 0.05) is 27.9 Å². The van der Waals surface area contributed by atoms with Crippen molar-refractivity contribution < 1.29 is 19.0 Å². The normalized spacial score (nSPS) is 12.9. The highest BCUT2D eigenvalue weighted by Gasteiger charge is 2.14. The predicted molar refractivity (Wildman–Crippen MR) is 55.3 cm³/mol. The van der Waals surface area contributed by atoms with Crippen LogP contribution in [0.25, 0.3) is 0 Å². The van der Waals surface area contributed by atoms with E-state index < -0.39 is 12.3 Å². The van der Waals surface area contributed by atoms with E-state index in [1.54, 1.807) is 7.11 Å². The molecule has 0 bridgehead atoms. The molecule has 0 saturated carbocycles. The van der Waals surface area contributed by atoms with Gasteiger partial charge in [0.1, 0.15) is 0 Å². The number of hydrogen-bond donors (Lipinski definition) is 2. The van der Waals surface area contributed by atoms with Gasteiger partial charge in [-0.3, -0.25) is 4.79 Å². The standard InChI is InChI=1S/C9H20N2O4/c1-13-5-4-7(10)9(12)11-6-8(14-2)15-3/h7-8H,4-6,10H2,1-3H3,(H,11,12). The van der Waals surface area contributed by atoms with E-state index in [2.05, 4.69) is 5.32 Å². The quantitative estimate of drug-likeness (QED) is 0.517. The van der Waals surface area contributed by atoms with Crippen molar-refractivity contribution in [2.45, 2.75) is 18.8 Å². The molecule has 6 heteroatoms. The fourth-order valence-electron chi connectivity index (χ4n) is 0.954. The van der Waals surface area contributed by atoms with E-state index in [-0.39, 0.29) is 12.5 Å². The Bertz CT molecular complexity index is 173. The lowest BCUT2D eigenvalue weighted by Crippen LogP contribution is -2.44. The van der Waals surface area contributed by atoms with E-state index in [4.69, 9.17) is 19.9 Å². The topological polar surface area (TPSA) is 82.8 Å². The van der Waals surface area contributed by atoms with Crippen molar-refractivity contribution >= 4 is 5.91 Å². The Hall–Kier alpha value is -0.690. The molecule has 1 atom stereocenters. The summed E-state index contributed by atoms with van der Waals surface area (Å²) in [7, 11) is 4.58. The number of nitrogens with one attached hydrogen (secondary N) is 1. The van der Waals surface area contributed by atoms with Crippen LogP contribution in [-0.2, 0) is 19.0 Å². The summed E-state index contributed by atoms with van der Waals surface area (Å²) in [5, 5.41) is 2.62. The van der Waals surface area contributed by atoms with Gasteiger partial charge < -0.3 is 25.3 Å². The number of carbonyl (C=O) groups excluding carboxylic acids is 1. The minimum Gasteiger partial charge on any atom is -0.385 e. The van der Waals surface area contributed by atoms with Gasteiger partial charge in [-0.25, -0.2) is 0 Å². The van der Waals surface area contributed by atoms with E-state index in [9.17, 15) is 4.79 Å². The molecule has 0 saturated heterocycles. The van der Waals surface area contributed by atoms with Crippen molar-refractivity contribution in [1.29, 1.82) is 0 Å². The first kappa shape index (κ1) is 14.3. The van der Waals surface area contributed by atoms with Gasteiger partial charge in [0.05, 0.1) is 12.6 Å². The van der Waals surface area contributed by atoms with Crippen LogP contribution in [0.15, 0.2) is 0 Å². The number of amides is 1. The van der Waals surface area contributed by atoms with Crippen molar-refractivity contribution in [3.8, 4) is 0 Å². The molecule has 1 amide bonds. The summed E-state index contributed by atoms with van der Waals surface area (Å²) in [5.74, 6) is -0.230. The van der Waals surface area contributed by atoms with Crippen LogP contribution in [0, 0.1) is 0 Å². The molecule has 1 unspecified atom stereocenters. The third-order valence-corrected chi connectivity index (χ3v) is 1.94. The lowest BCUT2D eigenvalue weighted by Gasteiger charge is -2.16. The number of hydrogen-bond acceptors (Lipinski definition) is 5. The van der Waals surface area contributed by atoms with Crippen LogP contribution >= 0.6 is 0 Å². The van der Waals surface area contributed by atoms with Crippen LogP contribution in [0.4, 0.5) is 0 Å². The zero-order chi connectivity index (χ0) is 11.7. The zero-order valence-corrected chi connectivity index (χ0v) is 9.49. The monoisotopic (exact) mass is 220 g/mol. The molecule has 0 heterocycles. The van der Waals surface area contributed by atoms with Gasteiger partial charge in [-0.2, -0.15) is 0 Å². The number of carbonyl (C=O) groups is 1. The van der Waals surface area contributed by atoms with Gasteiger partial charge in [0.15, 0.2) is 6.29 Å². The maximum Gasteiger partial charge on any atom is 0.237 e. The fourth-order valence-corrected chi connectivity index (χ4v) is 0.954. The minimum atomic E-state index is -0.556. The van der Waals surface area contributed by atoms with Crippen LogP contribution in [-0.4, -0.2) is 52.7 Å². The molecule has 0 spiro atoms. The molecule has 0 aliphatic carbocycles. The van der Waals surface area contributed by atoms with Gasteiger partial charge in [-0.05, 0) is 6.42 Å². The molecule has 0 radical (unpaired) electrons. The average molecular weight is 220 g/mol. The highest BCUT2D eigenvalue weighted by atomic mass is 16.7. The summed E-state index contributed by atoms with van der Waals surface area (Å²) < 4.78 is 14.6. The van der Waals surface area contributed by atoms with Crippen LogP contribution in [0.5, 0.6) is 0 Å². The molecular weight excluding hydrogens is 200 g/mol. The molecule has 0 aliphatic heterocycles. The Morgan fingerprint density at radius 3 is 2.40 bits per heavy atom. The molecule has 0 rings (SSSR count). The highest BCUT2D eigenvalue weighted by molar-refractivity contribution is 5.81. The molecule has 15 heavy (non-hydrogen) atoms. The van der Waals surface area contributed by atoms with Crippen molar-refractivity contribution in [2.75, 3.05) is 34.5 Å². The van der Waals surface area contributed by atoms with Crippen LogP contribution in [0.2, 0.25) is 0 Å². The van der Waals surface area contributed by atoms with Crippen molar-refractivity contribution in [3.63, 3.8) is 0 Å². The molecule has 3 N–H and O–H groups in total. The van der Waals surface area contributed by atoms with Crippen LogP contribution in [0.1, 0.15) is 6.42 Å². The Kier molecular flexibility index (Phi) is 8.21. The molecule has 0 aromatic carbocycles. The van der Waals surface area contributed by atoms with Gasteiger partial charge in [0.2, 0.25) is 5.91 Å². The lowest BCUT2D eigenvalue weighted by molar-refractivity contribution is -0.128. The summed E-state index contributed by atoms with van der Waals surface area (Å²) in [6.45, 7) is 0.749. The molecular formula is C9H20N2O4. The predicted octanol–water partition coefficient (Wildman–Crippen LogP) is -0.915. The third-order valence-electron chi connectivity index (χ3n) is 1.94. The lowest BCUT2D eigenvalue weighted by atomic mass is 10.2. The second-order valence-corrected chi connectivity index (χ2v) is 3.03. The second-order valence-electron chi connectivity index (χ2n) is 3.03. The first-order valence-corrected chi connectivity index (χ1v) is 4.73. The second kappa shape index (κ2) is 8.60. The summed E-state index contributed by atoms with van der Waals surface area (Å²) in [4.78, 5) is 11.4. The van der Waals surface area contributed by atoms with E-state index in [0.29, 0.717) is 13.0 Å². The zero-order valence-electron chi connectivity index (χ0n) is 9.49. The summed E-state index contributed by atoms with van der Waals surface area (Å²) in [5.41, 5.74) is 5.60. The molecule has 0 aromatic heterocycles. The van der Waals surface area contributed by atoms with Gasteiger partial charge in [-0.1, -0.05) is 0 Å². The van der Waals surface area contributed by atoms with E-state index >= 15 is 0 Å². The molecule has 90 valence electrons. The average Bonchev–Trinajstić information content (AvgIpc) is 2.26. The number of ether oxygens (including phenoxy) is 3. The number of nitrogens with two attached hydrogens (primary N) is 1. The smallest absolute Gasteiger partial charge is 0.237 e. The summed E-state index contributed by atoms with van der Waals surface area (Å²) in [6.07, 6.45) is 0.0519. The maximum atomic E-state index is 11.4. The number of methoxy groups -OCH3 is 3. The Balaban J connectivity index is 3.71. The molecule has 0 fully saturated rings. The van der Waals surface area contributed by atoms with E-state index in [0.717, 1.165) is 0 Å². The number of rotatable bonds is 8. The highest BCUT2D eigenvalue weighted by Crippen LogP contribution is 1.91. The van der Waals surface area contributed by atoms with Gasteiger partial charge in [0.25, 0.3) is 0 Å². The van der Waals surface area contributed by atoms with Crippen LogP contribution < -0.4 is 11.1 Å². The SMILES string of the molecule is COCCC(N)C(=O)NCC(OC)OC. The molecule has 0 aliphatic rings. The van der Waals surface area contributed by atoms with E-state index in [1.165, 1.54) is 14.2 Å². The van der Waals surface area contributed by atoms with Gasteiger partial charge in [-0.15, -0.1) is 0 Å². The fraction of sp³-hybridized carbons (Fsp3) is 0.889. The Morgan fingerprint density at radius 1 is 1.33 bits per heavy atom. The van der Waals surface area contributed by atoms with Crippen LogP contribution in [0.3, 0.4) is 0 Å². The maximum absolute atomic E-state index is 11.4. The molecule has 0 aromatic rings. The largest absolute Gasteiger partial charge is 0.385 e.